The molecule has 4 heteroatoms. The molecule has 3 N–H and O–H groups in total. The molecule has 1 aliphatic carbocycles. The van der Waals surface area contributed by atoms with E-state index in [-0.39, 0.29) is 12.6 Å². The third-order valence-corrected chi connectivity index (χ3v) is 2.05. The molecule has 2 amide bonds. The van der Waals surface area contributed by atoms with Crippen molar-refractivity contribution < 1.29 is 9.90 Å². The smallest absolute Gasteiger partial charge is 0.318 e. The molecule has 0 radical (unpaired) electrons. The van der Waals surface area contributed by atoms with Gasteiger partial charge in [-0.2, -0.15) is 0 Å². The lowest BCUT2D eigenvalue weighted by Crippen LogP contribution is -2.34. The number of amides is 2. The Morgan fingerprint density at radius 2 is 2.31 bits per heavy atom. The summed E-state index contributed by atoms with van der Waals surface area (Å²) >= 11 is 0. The minimum atomic E-state index is -0.256. The third kappa shape index (κ3) is 3.94. The SMILES string of the molecule is C/C(=C\NC(=O)NCCO)C1CC1. The van der Waals surface area contributed by atoms with Gasteiger partial charge in [0.05, 0.1) is 6.61 Å². The molecule has 0 aliphatic heterocycles. The van der Waals surface area contributed by atoms with E-state index < -0.39 is 0 Å². The summed E-state index contributed by atoms with van der Waals surface area (Å²) in [7, 11) is 0. The molecule has 0 bridgehead atoms. The van der Waals surface area contributed by atoms with Crippen molar-refractivity contribution in [1.82, 2.24) is 10.6 Å². The quantitative estimate of drug-likeness (QED) is 0.599. The van der Waals surface area contributed by atoms with Crippen molar-refractivity contribution in [2.45, 2.75) is 19.8 Å². The van der Waals surface area contributed by atoms with Gasteiger partial charge in [-0.25, -0.2) is 4.79 Å². The lowest BCUT2D eigenvalue weighted by Gasteiger charge is -2.03. The number of allylic oxidation sites excluding steroid dienone is 1. The zero-order valence-corrected chi connectivity index (χ0v) is 7.84. The van der Waals surface area contributed by atoms with Gasteiger partial charge in [-0.05, 0) is 25.7 Å². The van der Waals surface area contributed by atoms with Gasteiger partial charge in [-0.1, -0.05) is 5.57 Å². The number of aliphatic hydroxyl groups excluding tert-OH is 1. The van der Waals surface area contributed by atoms with Crippen molar-refractivity contribution in [3.8, 4) is 0 Å². The van der Waals surface area contributed by atoms with Crippen LogP contribution in [-0.2, 0) is 0 Å². The van der Waals surface area contributed by atoms with Crippen LogP contribution in [0.2, 0.25) is 0 Å². The lowest BCUT2D eigenvalue weighted by atomic mass is 10.2. The monoisotopic (exact) mass is 184 g/mol. The summed E-state index contributed by atoms with van der Waals surface area (Å²) in [4.78, 5) is 11.0. The second-order valence-corrected chi connectivity index (χ2v) is 3.29. The molecule has 0 atom stereocenters. The maximum absolute atomic E-state index is 11.0. The summed E-state index contributed by atoms with van der Waals surface area (Å²) in [5, 5.41) is 13.6. The zero-order chi connectivity index (χ0) is 9.68. The summed E-state index contributed by atoms with van der Waals surface area (Å²) in [6.07, 6.45) is 4.22. The molecular formula is C9H16N2O2. The highest BCUT2D eigenvalue weighted by Gasteiger charge is 2.22. The van der Waals surface area contributed by atoms with Crippen molar-refractivity contribution in [1.29, 1.82) is 0 Å². The summed E-state index contributed by atoms with van der Waals surface area (Å²) in [5.74, 6) is 0.679. The molecule has 0 heterocycles. The second-order valence-electron chi connectivity index (χ2n) is 3.29. The Hall–Kier alpha value is -1.03. The van der Waals surface area contributed by atoms with Crippen LogP contribution in [0.3, 0.4) is 0 Å². The number of hydrogen-bond acceptors (Lipinski definition) is 2. The number of nitrogens with one attached hydrogen (secondary N) is 2. The van der Waals surface area contributed by atoms with Gasteiger partial charge >= 0.3 is 6.03 Å². The first kappa shape index (κ1) is 10.1. The van der Waals surface area contributed by atoms with Gasteiger partial charge in [0, 0.05) is 12.7 Å². The van der Waals surface area contributed by atoms with Gasteiger partial charge in [0.15, 0.2) is 0 Å². The van der Waals surface area contributed by atoms with E-state index in [2.05, 4.69) is 10.6 Å². The Bertz CT molecular complexity index is 210. The Kier molecular flexibility index (Phi) is 3.76. The van der Waals surface area contributed by atoms with Crippen LogP contribution >= 0.6 is 0 Å². The van der Waals surface area contributed by atoms with Crippen molar-refractivity contribution in [3.05, 3.63) is 11.8 Å². The molecule has 0 spiro atoms. The predicted octanol–water partition coefficient (Wildman–Crippen LogP) is 0.592. The fourth-order valence-corrected chi connectivity index (χ4v) is 1.06. The Morgan fingerprint density at radius 1 is 1.62 bits per heavy atom. The summed E-state index contributed by atoms with van der Waals surface area (Å²) in [5.41, 5.74) is 1.22. The topological polar surface area (TPSA) is 61.4 Å². The number of aliphatic hydroxyl groups is 1. The first-order valence-corrected chi connectivity index (χ1v) is 4.56. The Morgan fingerprint density at radius 3 is 2.85 bits per heavy atom. The highest BCUT2D eigenvalue weighted by molar-refractivity contribution is 5.74. The van der Waals surface area contributed by atoms with E-state index in [4.69, 9.17) is 5.11 Å². The Labute approximate surface area is 78.0 Å². The number of hydrogen-bond donors (Lipinski definition) is 3. The molecule has 4 nitrogen and oxygen atoms in total. The van der Waals surface area contributed by atoms with Gasteiger partial charge < -0.3 is 15.7 Å². The molecule has 1 rings (SSSR count). The lowest BCUT2D eigenvalue weighted by molar-refractivity contribution is 0.237. The molecule has 1 fully saturated rings. The summed E-state index contributed by atoms with van der Waals surface area (Å²) < 4.78 is 0. The number of carbonyl (C=O) groups excluding carboxylic acids is 1. The van der Waals surface area contributed by atoms with E-state index in [0.29, 0.717) is 12.5 Å². The largest absolute Gasteiger partial charge is 0.395 e. The van der Waals surface area contributed by atoms with Crippen molar-refractivity contribution >= 4 is 6.03 Å². The molecule has 0 aromatic carbocycles. The first-order chi connectivity index (χ1) is 6.24. The zero-order valence-electron chi connectivity index (χ0n) is 7.84. The molecule has 0 unspecified atom stereocenters. The molecule has 0 aromatic heterocycles. The highest BCUT2D eigenvalue weighted by atomic mass is 16.3. The normalized spacial score (nSPS) is 16.9. The van der Waals surface area contributed by atoms with E-state index in [1.807, 2.05) is 6.92 Å². The molecule has 0 saturated heterocycles. The van der Waals surface area contributed by atoms with Crippen molar-refractivity contribution in [3.63, 3.8) is 0 Å². The minimum absolute atomic E-state index is 0.0290. The van der Waals surface area contributed by atoms with Gasteiger partial charge in [0.1, 0.15) is 0 Å². The summed E-state index contributed by atoms with van der Waals surface area (Å²) in [6, 6.07) is -0.256. The number of urea groups is 1. The van der Waals surface area contributed by atoms with Crippen LogP contribution in [0.5, 0.6) is 0 Å². The fraction of sp³-hybridized carbons (Fsp3) is 0.667. The van der Waals surface area contributed by atoms with Gasteiger partial charge in [-0.15, -0.1) is 0 Å². The van der Waals surface area contributed by atoms with Gasteiger partial charge in [0.2, 0.25) is 0 Å². The van der Waals surface area contributed by atoms with E-state index in [0.717, 1.165) is 0 Å². The summed E-state index contributed by atoms with van der Waals surface area (Å²) in [6.45, 7) is 2.28. The maximum atomic E-state index is 11.0. The highest BCUT2D eigenvalue weighted by Crippen LogP contribution is 2.35. The average Bonchev–Trinajstić information content (AvgIpc) is 2.93. The predicted molar refractivity (Wildman–Crippen MR) is 50.1 cm³/mol. The second kappa shape index (κ2) is 4.87. The molecule has 1 aliphatic rings. The van der Waals surface area contributed by atoms with Crippen LogP contribution in [0.1, 0.15) is 19.8 Å². The van der Waals surface area contributed by atoms with E-state index >= 15 is 0 Å². The van der Waals surface area contributed by atoms with Crippen molar-refractivity contribution in [2.24, 2.45) is 5.92 Å². The molecule has 13 heavy (non-hydrogen) atoms. The van der Waals surface area contributed by atoms with E-state index in [1.54, 1.807) is 6.20 Å². The molecule has 0 aromatic rings. The van der Waals surface area contributed by atoms with Gasteiger partial charge in [-0.3, -0.25) is 0 Å². The Balaban J connectivity index is 2.16. The van der Waals surface area contributed by atoms with Crippen LogP contribution in [-0.4, -0.2) is 24.3 Å². The van der Waals surface area contributed by atoms with Crippen LogP contribution in [0, 0.1) is 5.92 Å². The van der Waals surface area contributed by atoms with E-state index in [1.165, 1.54) is 18.4 Å². The van der Waals surface area contributed by atoms with Crippen LogP contribution < -0.4 is 10.6 Å². The van der Waals surface area contributed by atoms with Crippen molar-refractivity contribution in [2.75, 3.05) is 13.2 Å². The minimum Gasteiger partial charge on any atom is -0.395 e. The van der Waals surface area contributed by atoms with Crippen LogP contribution in [0.4, 0.5) is 4.79 Å². The van der Waals surface area contributed by atoms with Crippen LogP contribution in [0.15, 0.2) is 11.8 Å². The molecular weight excluding hydrogens is 168 g/mol. The maximum Gasteiger partial charge on any atom is 0.318 e. The average molecular weight is 184 g/mol. The standard InChI is InChI=1S/C9H16N2O2/c1-7(8-2-3-8)6-11-9(13)10-4-5-12/h6,8,12H,2-5H2,1H3,(H2,10,11,13)/b7-6+. The molecule has 74 valence electrons. The first-order valence-electron chi connectivity index (χ1n) is 4.56. The van der Waals surface area contributed by atoms with Gasteiger partial charge in [0.25, 0.3) is 0 Å². The number of rotatable bonds is 4. The molecule has 1 saturated carbocycles. The number of carbonyl (C=O) groups is 1. The van der Waals surface area contributed by atoms with E-state index in [9.17, 15) is 4.79 Å². The fourth-order valence-electron chi connectivity index (χ4n) is 1.06. The third-order valence-electron chi connectivity index (χ3n) is 2.05. The van der Waals surface area contributed by atoms with Crippen LogP contribution in [0.25, 0.3) is 0 Å².